The van der Waals surface area contributed by atoms with Crippen LogP contribution in [0.4, 0.5) is 13.2 Å². The van der Waals surface area contributed by atoms with E-state index in [4.69, 9.17) is 4.52 Å². The minimum Gasteiger partial charge on any atom is -0.434 e. The van der Waals surface area contributed by atoms with Gasteiger partial charge in [-0.25, -0.2) is 4.39 Å². The molecule has 1 aromatic carbocycles. The fourth-order valence-corrected chi connectivity index (χ4v) is 1.69. The molecule has 1 unspecified atom stereocenters. The molecule has 0 aliphatic rings. The molecule has 0 aliphatic carbocycles. The first-order chi connectivity index (χ1) is 9.99. The summed E-state index contributed by atoms with van der Waals surface area (Å²) in [5.41, 5.74) is 0.118. The molecule has 2 rings (SSSR count). The third kappa shape index (κ3) is 3.94. The molecular weight excluding hydrogens is 287 g/mol. The minimum atomic E-state index is -3.07. The molecule has 1 N–H and O–H groups in total. The van der Waals surface area contributed by atoms with Gasteiger partial charge in [0.05, 0.1) is 5.56 Å². The van der Waals surface area contributed by atoms with Gasteiger partial charge in [-0.05, 0) is 26.1 Å². The zero-order chi connectivity index (χ0) is 15.4. The topological polar surface area (TPSA) is 60.2 Å². The van der Waals surface area contributed by atoms with Crippen molar-refractivity contribution >= 4 is 0 Å². The number of hydrogen-bond acceptors (Lipinski definition) is 5. The quantitative estimate of drug-likeness (QED) is 0.888. The minimum absolute atomic E-state index is 0.00366. The van der Waals surface area contributed by atoms with E-state index >= 15 is 0 Å². The van der Waals surface area contributed by atoms with Crippen molar-refractivity contribution in [2.45, 2.75) is 26.0 Å². The zero-order valence-electron chi connectivity index (χ0n) is 11.4. The van der Waals surface area contributed by atoms with Crippen molar-refractivity contribution < 1.29 is 22.4 Å². The molecule has 0 saturated carbocycles. The Kier molecular flexibility index (Phi) is 4.79. The first-order valence-corrected chi connectivity index (χ1v) is 6.24. The van der Waals surface area contributed by atoms with E-state index in [0.29, 0.717) is 12.2 Å². The fraction of sp³-hybridized carbons (Fsp3) is 0.385. The van der Waals surface area contributed by atoms with Gasteiger partial charge in [-0.3, -0.25) is 0 Å². The highest BCUT2D eigenvalue weighted by atomic mass is 19.3. The molecular formula is C13H14F3N3O2. The molecule has 2 aromatic rings. The lowest BCUT2D eigenvalue weighted by Gasteiger charge is -2.07. The van der Waals surface area contributed by atoms with Crippen LogP contribution in [-0.2, 0) is 6.42 Å². The molecule has 0 saturated heterocycles. The first-order valence-electron chi connectivity index (χ1n) is 6.24. The summed E-state index contributed by atoms with van der Waals surface area (Å²) in [6.07, 6.45) is 0.506. The smallest absolute Gasteiger partial charge is 0.387 e. The van der Waals surface area contributed by atoms with Crippen LogP contribution >= 0.6 is 0 Å². The molecule has 8 heteroatoms. The number of likely N-dealkylation sites (N-methyl/N-ethyl adjacent to an activating group) is 1. The van der Waals surface area contributed by atoms with Crippen LogP contribution < -0.4 is 10.1 Å². The molecule has 1 aromatic heterocycles. The summed E-state index contributed by atoms with van der Waals surface area (Å²) in [6, 6.07) is 3.33. The Hall–Kier alpha value is -2.09. The van der Waals surface area contributed by atoms with E-state index in [1.165, 1.54) is 6.07 Å². The highest BCUT2D eigenvalue weighted by Crippen LogP contribution is 2.30. The van der Waals surface area contributed by atoms with Gasteiger partial charge in [0, 0.05) is 18.5 Å². The van der Waals surface area contributed by atoms with Crippen LogP contribution in [-0.4, -0.2) is 29.8 Å². The van der Waals surface area contributed by atoms with E-state index in [1.807, 2.05) is 6.92 Å². The molecule has 5 nitrogen and oxygen atoms in total. The molecule has 0 fully saturated rings. The van der Waals surface area contributed by atoms with Crippen LogP contribution in [0.5, 0.6) is 5.75 Å². The van der Waals surface area contributed by atoms with Gasteiger partial charge in [-0.2, -0.15) is 13.8 Å². The second-order valence-electron chi connectivity index (χ2n) is 4.43. The van der Waals surface area contributed by atoms with Crippen LogP contribution in [0.15, 0.2) is 22.7 Å². The van der Waals surface area contributed by atoms with E-state index in [-0.39, 0.29) is 23.2 Å². The number of benzene rings is 1. The summed E-state index contributed by atoms with van der Waals surface area (Å²) in [5.74, 6) is -0.622. The van der Waals surface area contributed by atoms with Crippen LogP contribution in [0, 0.1) is 5.82 Å². The maximum atomic E-state index is 13.1. The Bertz CT molecular complexity index is 604. The van der Waals surface area contributed by atoms with Gasteiger partial charge in [0.15, 0.2) is 5.82 Å². The molecule has 0 radical (unpaired) electrons. The van der Waals surface area contributed by atoms with Crippen molar-refractivity contribution in [3.8, 4) is 17.2 Å². The van der Waals surface area contributed by atoms with Crippen molar-refractivity contribution in [3.05, 3.63) is 29.8 Å². The Labute approximate surface area is 119 Å². The summed E-state index contributed by atoms with van der Waals surface area (Å²) in [4.78, 5) is 4.10. The Morgan fingerprint density at radius 1 is 1.38 bits per heavy atom. The first kappa shape index (κ1) is 15.3. The second-order valence-corrected chi connectivity index (χ2v) is 4.43. The number of aromatic nitrogens is 2. The highest BCUT2D eigenvalue weighted by Gasteiger charge is 2.18. The summed E-state index contributed by atoms with van der Waals surface area (Å²) < 4.78 is 47.1. The van der Waals surface area contributed by atoms with Gasteiger partial charge >= 0.3 is 6.61 Å². The van der Waals surface area contributed by atoms with Crippen LogP contribution in [0.2, 0.25) is 0 Å². The zero-order valence-corrected chi connectivity index (χ0v) is 11.4. The predicted molar refractivity (Wildman–Crippen MR) is 68.5 cm³/mol. The monoisotopic (exact) mass is 301 g/mol. The average molecular weight is 301 g/mol. The van der Waals surface area contributed by atoms with Gasteiger partial charge in [0.25, 0.3) is 5.89 Å². The largest absolute Gasteiger partial charge is 0.434 e. The number of halogens is 3. The lowest BCUT2D eigenvalue weighted by molar-refractivity contribution is -0.0496. The predicted octanol–water partition coefficient (Wildman–Crippen LogP) is 2.63. The molecule has 0 spiro atoms. The van der Waals surface area contributed by atoms with E-state index in [9.17, 15) is 13.2 Å². The number of hydrogen-bond donors (Lipinski definition) is 1. The summed E-state index contributed by atoms with van der Waals surface area (Å²) >= 11 is 0. The Morgan fingerprint density at radius 2 is 2.14 bits per heavy atom. The SMILES string of the molecule is CNC(C)Cc1noc(-c2ccc(F)cc2OC(F)F)n1. The highest BCUT2D eigenvalue weighted by molar-refractivity contribution is 5.62. The van der Waals surface area contributed by atoms with Gasteiger partial charge in [-0.1, -0.05) is 5.16 Å². The van der Waals surface area contributed by atoms with E-state index in [2.05, 4.69) is 20.2 Å². The summed E-state index contributed by atoms with van der Waals surface area (Å²) in [6.45, 7) is -1.14. The number of nitrogens with one attached hydrogen (secondary N) is 1. The van der Waals surface area contributed by atoms with E-state index in [1.54, 1.807) is 7.05 Å². The van der Waals surface area contributed by atoms with Crippen molar-refractivity contribution in [1.82, 2.24) is 15.5 Å². The maximum absolute atomic E-state index is 13.1. The molecule has 0 bridgehead atoms. The van der Waals surface area contributed by atoms with Gasteiger partial charge in [0.1, 0.15) is 11.6 Å². The molecule has 0 aliphatic heterocycles. The average Bonchev–Trinajstić information content (AvgIpc) is 2.86. The fourth-order valence-electron chi connectivity index (χ4n) is 1.69. The van der Waals surface area contributed by atoms with Crippen molar-refractivity contribution in [2.24, 2.45) is 0 Å². The van der Waals surface area contributed by atoms with E-state index in [0.717, 1.165) is 12.1 Å². The van der Waals surface area contributed by atoms with Crippen molar-refractivity contribution in [3.63, 3.8) is 0 Å². The number of ether oxygens (including phenoxy) is 1. The number of alkyl halides is 2. The van der Waals surface area contributed by atoms with E-state index < -0.39 is 12.4 Å². The summed E-state index contributed by atoms with van der Waals surface area (Å²) in [7, 11) is 1.79. The molecule has 1 atom stereocenters. The number of rotatable bonds is 6. The van der Waals surface area contributed by atoms with Crippen LogP contribution in [0.3, 0.4) is 0 Å². The van der Waals surface area contributed by atoms with Crippen LogP contribution in [0.25, 0.3) is 11.5 Å². The van der Waals surface area contributed by atoms with Gasteiger partial charge < -0.3 is 14.6 Å². The van der Waals surface area contributed by atoms with Crippen LogP contribution in [0.1, 0.15) is 12.7 Å². The third-order valence-electron chi connectivity index (χ3n) is 2.84. The standard InChI is InChI=1S/C13H14F3N3O2/c1-7(17-2)5-11-18-12(21-19-11)9-4-3-8(14)6-10(9)20-13(15)16/h3-4,6-7,13,17H,5H2,1-2H3. The van der Waals surface area contributed by atoms with Gasteiger partial charge in [-0.15, -0.1) is 0 Å². The third-order valence-corrected chi connectivity index (χ3v) is 2.84. The normalized spacial score (nSPS) is 12.7. The second kappa shape index (κ2) is 6.57. The molecule has 114 valence electrons. The molecule has 1 heterocycles. The maximum Gasteiger partial charge on any atom is 0.387 e. The Balaban J connectivity index is 2.29. The van der Waals surface area contributed by atoms with Gasteiger partial charge in [0.2, 0.25) is 0 Å². The lowest BCUT2D eigenvalue weighted by Crippen LogP contribution is -2.24. The lowest BCUT2D eigenvalue weighted by atomic mass is 10.2. The number of nitrogens with zero attached hydrogens (tertiary/aromatic N) is 2. The molecule has 21 heavy (non-hydrogen) atoms. The molecule has 0 amide bonds. The summed E-state index contributed by atoms with van der Waals surface area (Å²) in [5, 5.41) is 6.77. The van der Waals surface area contributed by atoms with Crippen molar-refractivity contribution in [2.75, 3.05) is 7.05 Å². The van der Waals surface area contributed by atoms with Crippen molar-refractivity contribution in [1.29, 1.82) is 0 Å². The Morgan fingerprint density at radius 3 is 2.81 bits per heavy atom.